The second-order valence-corrected chi connectivity index (χ2v) is 4.50. The van der Waals surface area contributed by atoms with Gasteiger partial charge in [0.25, 0.3) is 0 Å². The van der Waals surface area contributed by atoms with Crippen molar-refractivity contribution in [3.63, 3.8) is 0 Å². The highest BCUT2D eigenvalue weighted by atomic mass is 16.4. The Balaban J connectivity index is 2.16. The van der Waals surface area contributed by atoms with Gasteiger partial charge in [0.2, 0.25) is 11.8 Å². The van der Waals surface area contributed by atoms with Gasteiger partial charge in [-0.25, -0.2) is 0 Å². The third-order valence-electron chi connectivity index (χ3n) is 1.79. The number of nitrogens with zero attached hydrogens (tertiary/aromatic N) is 2. The van der Waals surface area contributed by atoms with Gasteiger partial charge in [0.15, 0.2) is 0 Å². The lowest BCUT2D eigenvalue weighted by Crippen LogP contribution is -2.36. The van der Waals surface area contributed by atoms with Crippen LogP contribution in [-0.2, 0) is 6.42 Å². The van der Waals surface area contributed by atoms with Crippen LogP contribution in [-0.4, -0.2) is 22.3 Å². The molecule has 1 rings (SSSR count). The van der Waals surface area contributed by atoms with Gasteiger partial charge in [0, 0.05) is 18.9 Å². The topological polar surface area (TPSA) is 51.0 Å². The minimum atomic E-state index is 0.185. The van der Waals surface area contributed by atoms with Crippen molar-refractivity contribution in [3.05, 3.63) is 11.8 Å². The van der Waals surface area contributed by atoms with E-state index in [2.05, 4.69) is 36.3 Å². The maximum Gasteiger partial charge on any atom is 0.216 e. The molecule has 0 bridgehead atoms. The molecule has 0 spiro atoms. The van der Waals surface area contributed by atoms with Gasteiger partial charge in [-0.15, -0.1) is 10.2 Å². The van der Waals surface area contributed by atoms with Gasteiger partial charge in [0.05, 0.1) is 0 Å². The van der Waals surface area contributed by atoms with E-state index in [9.17, 15) is 0 Å². The molecule has 1 N–H and O–H groups in total. The molecule has 0 aliphatic carbocycles. The van der Waals surface area contributed by atoms with E-state index in [1.54, 1.807) is 0 Å². The lowest BCUT2D eigenvalue weighted by Gasteiger charge is -2.19. The summed E-state index contributed by atoms with van der Waals surface area (Å²) in [5.41, 5.74) is 0.185. The van der Waals surface area contributed by atoms with Crippen LogP contribution in [0.2, 0.25) is 0 Å². The Hall–Kier alpha value is -0.900. The van der Waals surface area contributed by atoms with Crippen LogP contribution in [0.3, 0.4) is 0 Å². The van der Waals surface area contributed by atoms with Gasteiger partial charge >= 0.3 is 0 Å². The average Bonchev–Trinajstić information content (AvgIpc) is 2.44. The first-order valence-corrected chi connectivity index (χ1v) is 5.01. The van der Waals surface area contributed by atoms with Crippen LogP contribution in [0.4, 0.5) is 0 Å². The summed E-state index contributed by atoms with van der Waals surface area (Å²) in [5.74, 6) is 1.38. The van der Waals surface area contributed by atoms with Crippen molar-refractivity contribution in [2.24, 2.45) is 0 Å². The largest absolute Gasteiger partial charge is 0.426 e. The van der Waals surface area contributed by atoms with E-state index in [0.29, 0.717) is 5.89 Å². The maximum atomic E-state index is 5.27. The summed E-state index contributed by atoms with van der Waals surface area (Å²) >= 11 is 0. The van der Waals surface area contributed by atoms with Gasteiger partial charge in [-0.2, -0.15) is 0 Å². The molecule has 0 aliphatic heterocycles. The second kappa shape index (κ2) is 4.55. The van der Waals surface area contributed by atoms with Gasteiger partial charge in [-0.1, -0.05) is 0 Å². The Morgan fingerprint density at radius 3 is 2.50 bits per heavy atom. The molecule has 14 heavy (non-hydrogen) atoms. The van der Waals surface area contributed by atoms with Crippen molar-refractivity contribution in [1.29, 1.82) is 0 Å². The van der Waals surface area contributed by atoms with Gasteiger partial charge in [-0.05, 0) is 33.7 Å². The fourth-order valence-corrected chi connectivity index (χ4v) is 1.14. The van der Waals surface area contributed by atoms with Crippen molar-refractivity contribution in [3.8, 4) is 0 Å². The molecule has 4 nitrogen and oxygen atoms in total. The summed E-state index contributed by atoms with van der Waals surface area (Å²) < 4.78 is 5.27. The first-order valence-electron chi connectivity index (χ1n) is 5.01. The molecule has 0 saturated carbocycles. The molecule has 0 aliphatic rings. The molecule has 0 fully saturated rings. The molecule has 80 valence electrons. The minimum absolute atomic E-state index is 0.185. The molecule has 4 heteroatoms. The average molecular weight is 197 g/mol. The van der Waals surface area contributed by atoms with E-state index in [-0.39, 0.29) is 5.54 Å². The van der Waals surface area contributed by atoms with E-state index in [4.69, 9.17) is 4.42 Å². The summed E-state index contributed by atoms with van der Waals surface area (Å²) in [5, 5.41) is 11.1. The summed E-state index contributed by atoms with van der Waals surface area (Å²) in [6.45, 7) is 9.26. The third-order valence-corrected chi connectivity index (χ3v) is 1.79. The van der Waals surface area contributed by atoms with Gasteiger partial charge in [0.1, 0.15) is 0 Å². The molecular formula is C10H19N3O. The number of hydrogen-bond acceptors (Lipinski definition) is 4. The van der Waals surface area contributed by atoms with Crippen LogP contribution in [0.1, 0.15) is 39.0 Å². The van der Waals surface area contributed by atoms with E-state index < -0.39 is 0 Å². The smallest absolute Gasteiger partial charge is 0.216 e. The van der Waals surface area contributed by atoms with Crippen molar-refractivity contribution in [2.75, 3.05) is 6.54 Å². The predicted octanol–water partition coefficient (Wildman–Crippen LogP) is 1.70. The number of rotatable bonds is 4. The standard InChI is InChI=1S/C10H19N3O/c1-8-12-13-9(14-8)6-5-7-11-10(2,3)4/h11H,5-7H2,1-4H3. The minimum Gasteiger partial charge on any atom is -0.426 e. The zero-order valence-corrected chi connectivity index (χ0v) is 9.42. The van der Waals surface area contributed by atoms with E-state index in [1.807, 2.05) is 6.92 Å². The van der Waals surface area contributed by atoms with E-state index in [1.165, 1.54) is 0 Å². The molecule has 0 saturated heterocycles. The molecule has 1 heterocycles. The van der Waals surface area contributed by atoms with Crippen molar-refractivity contribution < 1.29 is 4.42 Å². The second-order valence-electron chi connectivity index (χ2n) is 4.50. The van der Waals surface area contributed by atoms with Crippen LogP contribution < -0.4 is 5.32 Å². The molecule has 1 aromatic rings. The highest BCUT2D eigenvalue weighted by molar-refractivity contribution is 4.79. The molecule has 0 atom stereocenters. The number of aryl methyl sites for hydroxylation is 2. The Morgan fingerprint density at radius 2 is 2.00 bits per heavy atom. The summed E-state index contributed by atoms with van der Waals surface area (Å²) in [6.07, 6.45) is 1.88. The molecule has 0 amide bonds. The monoisotopic (exact) mass is 197 g/mol. The van der Waals surface area contributed by atoms with Gasteiger partial charge in [-0.3, -0.25) is 0 Å². The van der Waals surface area contributed by atoms with Crippen LogP contribution in [0.5, 0.6) is 0 Å². The van der Waals surface area contributed by atoms with Crippen molar-refractivity contribution >= 4 is 0 Å². The zero-order valence-electron chi connectivity index (χ0n) is 9.42. The Kier molecular flexibility index (Phi) is 3.63. The fraction of sp³-hybridized carbons (Fsp3) is 0.800. The van der Waals surface area contributed by atoms with Crippen molar-refractivity contribution in [2.45, 2.75) is 46.1 Å². The summed E-state index contributed by atoms with van der Waals surface area (Å²) in [7, 11) is 0. The quantitative estimate of drug-likeness (QED) is 0.746. The van der Waals surface area contributed by atoms with E-state index in [0.717, 1.165) is 25.3 Å². The SMILES string of the molecule is Cc1nnc(CCCNC(C)(C)C)o1. The molecule has 0 radical (unpaired) electrons. The zero-order chi connectivity index (χ0) is 10.6. The van der Waals surface area contributed by atoms with Crippen LogP contribution in [0.15, 0.2) is 4.42 Å². The third kappa shape index (κ3) is 4.37. The first kappa shape index (κ1) is 11.2. The van der Waals surface area contributed by atoms with Gasteiger partial charge < -0.3 is 9.73 Å². The lowest BCUT2D eigenvalue weighted by molar-refractivity contribution is 0.408. The normalized spacial score (nSPS) is 12.0. The molecular weight excluding hydrogens is 178 g/mol. The summed E-state index contributed by atoms with van der Waals surface area (Å²) in [4.78, 5) is 0. The summed E-state index contributed by atoms with van der Waals surface area (Å²) in [6, 6.07) is 0. The maximum absolute atomic E-state index is 5.27. The van der Waals surface area contributed by atoms with E-state index >= 15 is 0 Å². The van der Waals surface area contributed by atoms with Crippen LogP contribution >= 0.6 is 0 Å². The Morgan fingerprint density at radius 1 is 1.29 bits per heavy atom. The first-order chi connectivity index (χ1) is 6.47. The Bertz CT molecular complexity index is 275. The van der Waals surface area contributed by atoms with Crippen LogP contribution in [0.25, 0.3) is 0 Å². The number of nitrogens with one attached hydrogen (secondary N) is 1. The van der Waals surface area contributed by atoms with Crippen molar-refractivity contribution in [1.82, 2.24) is 15.5 Å². The number of aromatic nitrogens is 2. The molecule has 1 aromatic heterocycles. The highest BCUT2D eigenvalue weighted by Crippen LogP contribution is 2.02. The molecule has 0 aromatic carbocycles. The highest BCUT2D eigenvalue weighted by Gasteiger charge is 2.08. The molecule has 0 unspecified atom stereocenters. The predicted molar refractivity (Wildman–Crippen MR) is 55.1 cm³/mol. The Labute approximate surface area is 85.1 Å². The lowest BCUT2D eigenvalue weighted by atomic mass is 10.1. The number of hydrogen-bond donors (Lipinski definition) is 1. The fourth-order valence-electron chi connectivity index (χ4n) is 1.14. The van der Waals surface area contributed by atoms with Crippen LogP contribution in [0, 0.1) is 6.92 Å².